The highest BCUT2D eigenvalue weighted by Crippen LogP contribution is 2.23. The van der Waals surface area contributed by atoms with Crippen molar-refractivity contribution in [3.05, 3.63) is 40.9 Å². The number of carbonyl (C=O) groups excluding carboxylic acids is 1. The third-order valence-corrected chi connectivity index (χ3v) is 3.82. The predicted octanol–water partition coefficient (Wildman–Crippen LogP) is 3.51. The summed E-state index contributed by atoms with van der Waals surface area (Å²) in [7, 11) is 0. The first kappa shape index (κ1) is 13.4. The fraction of sp³-hybridized carbons (Fsp3) is 0.267. The molecule has 2 aromatic carbocycles. The van der Waals surface area contributed by atoms with Crippen LogP contribution in [0.2, 0.25) is 0 Å². The molecule has 20 heavy (non-hydrogen) atoms. The minimum Gasteiger partial charge on any atom is -0.379 e. The molecule has 4 nitrogen and oxygen atoms in total. The number of amides is 2. The van der Waals surface area contributed by atoms with Gasteiger partial charge in [0.05, 0.1) is 12.6 Å². The third-order valence-electron chi connectivity index (χ3n) is 3.33. The van der Waals surface area contributed by atoms with Gasteiger partial charge in [0.15, 0.2) is 0 Å². The van der Waals surface area contributed by atoms with E-state index in [4.69, 9.17) is 4.74 Å². The van der Waals surface area contributed by atoms with Crippen molar-refractivity contribution in [1.82, 2.24) is 5.32 Å². The molecule has 3 rings (SSSR count). The number of carbonyl (C=O) groups is 1. The van der Waals surface area contributed by atoms with Gasteiger partial charge in [-0.3, -0.25) is 0 Å². The first-order valence-corrected chi connectivity index (χ1v) is 7.34. The van der Waals surface area contributed by atoms with E-state index in [1.54, 1.807) is 0 Å². The van der Waals surface area contributed by atoms with Crippen LogP contribution in [-0.2, 0) is 4.74 Å². The molecule has 2 amide bonds. The van der Waals surface area contributed by atoms with Crippen LogP contribution in [0, 0.1) is 0 Å². The predicted molar refractivity (Wildman–Crippen MR) is 83.0 cm³/mol. The van der Waals surface area contributed by atoms with Gasteiger partial charge in [-0.1, -0.05) is 28.1 Å². The zero-order valence-corrected chi connectivity index (χ0v) is 12.4. The number of hydrogen-bond acceptors (Lipinski definition) is 2. The van der Waals surface area contributed by atoms with Crippen molar-refractivity contribution in [3.63, 3.8) is 0 Å². The summed E-state index contributed by atoms with van der Waals surface area (Å²) in [5, 5.41) is 7.99. The van der Waals surface area contributed by atoms with Gasteiger partial charge >= 0.3 is 6.03 Å². The van der Waals surface area contributed by atoms with Gasteiger partial charge in [-0.25, -0.2) is 4.79 Å². The molecule has 1 aliphatic heterocycles. The summed E-state index contributed by atoms with van der Waals surface area (Å²) in [5.41, 5.74) is 0.788. The first-order chi connectivity index (χ1) is 9.70. The maximum atomic E-state index is 11.9. The molecule has 0 aliphatic carbocycles. The van der Waals surface area contributed by atoms with Gasteiger partial charge in [-0.05, 0) is 41.5 Å². The summed E-state index contributed by atoms with van der Waals surface area (Å²) in [6, 6.07) is 11.9. The number of anilines is 1. The topological polar surface area (TPSA) is 50.4 Å². The molecule has 1 fully saturated rings. The number of benzene rings is 2. The normalized spacial score (nSPS) is 18.1. The Balaban J connectivity index is 1.70. The molecule has 0 bridgehead atoms. The Hall–Kier alpha value is -1.59. The standard InChI is InChI=1S/C15H15BrN2O2/c16-12-3-1-11-8-13(4-2-10(11)7-12)17-15(19)18-14-5-6-20-9-14/h1-4,7-8,14H,5-6,9H2,(H2,17,18,19). The van der Waals surface area contributed by atoms with Crippen molar-refractivity contribution in [3.8, 4) is 0 Å². The van der Waals surface area contributed by atoms with E-state index < -0.39 is 0 Å². The number of hydrogen-bond donors (Lipinski definition) is 2. The molecule has 5 heteroatoms. The lowest BCUT2D eigenvalue weighted by atomic mass is 10.1. The van der Waals surface area contributed by atoms with Crippen molar-refractivity contribution < 1.29 is 9.53 Å². The lowest BCUT2D eigenvalue weighted by Gasteiger charge is -2.12. The molecule has 1 aliphatic rings. The van der Waals surface area contributed by atoms with Gasteiger partial charge in [0.25, 0.3) is 0 Å². The van der Waals surface area contributed by atoms with Crippen molar-refractivity contribution in [2.75, 3.05) is 18.5 Å². The lowest BCUT2D eigenvalue weighted by molar-refractivity contribution is 0.189. The van der Waals surface area contributed by atoms with E-state index in [0.29, 0.717) is 6.61 Å². The van der Waals surface area contributed by atoms with Crippen LogP contribution >= 0.6 is 15.9 Å². The molecule has 0 saturated carbocycles. The molecular formula is C15H15BrN2O2. The van der Waals surface area contributed by atoms with Gasteiger partial charge in [-0.15, -0.1) is 0 Å². The zero-order chi connectivity index (χ0) is 13.9. The maximum Gasteiger partial charge on any atom is 0.319 e. The van der Waals surface area contributed by atoms with Crippen LogP contribution in [-0.4, -0.2) is 25.3 Å². The molecule has 104 valence electrons. The second-order valence-electron chi connectivity index (χ2n) is 4.87. The number of nitrogens with one attached hydrogen (secondary N) is 2. The fourth-order valence-electron chi connectivity index (χ4n) is 2.30. The Morgan fingerprint density at radius 1 is 1.20 bits per heavy atom. The number of rotatable bonds is 2. The zero-order valence-electron chi connectivity index (χ0n) is 10.9. The van der Waals surface area contributed by atoms with E-state index >= 15 is 0 Å². The molecule has 0 aromatic heterocycles. The number of ether oxygens (including phenoxy) is 1. The fourth-order valence-corrected chi connectivity index (χ4v) is 2.67. The maximum absolute atomic E-state index is 11.9. The number of urea groups is 1. The van der Waals surface area contributed by atoms with Crippen molar-refractivity contribution in [2.24, 2.45) is 0 Å². The average molecular weight is 335 g/mol. The monoisotopic (exact) mass is 334 g/mol. The van der Waals surface area contributed by atoms with E-state index in [2.05, 4.69) is 32.6 Å². The van der Waals surface area contributed by atoms with Gasteiger partial charge in [-0.2, -0.15) is 0 Å². The van der Waals surface area contributed by atoms with E-state index in [1.807, 2.05) is 30.3 Å². The molecule has 1 atom stereocenters. The first-order valence-electron chi connectivity index (χ1n) is 6.55. The van der Waals surface area contributed by atoms with Crippen LogP contribution in [0.4, 0.5) is 10.5 Å². The largest absolute Gasteiger partial charge is 0.379 e. The van der Waals surface area contributed by atoms with Crippen LogP contribution in [0.3, 0.4) is 0 Å². The van der Waals surface area contributed by atoms with Crippen LogP contribution in [0.1, 0.15) is 6.42 Å². The second-order valence-corrected chi connectivity index (χ2v) is 5.78. The molecule has 2 aromatic rings. The van der Waals surface area contributed by atoms with Crippen LogP contribution in [0.15, 0.2) is 40.9 Å². The summed E-state index contributed by atoms with van der Waals surface area (Å²) in [6.45, 7) is 1.31. The van der Waals surface area contributed by atoms with Gasteiger partial charge in [0.1, 0.15) is 0 Å². The Bertz CT molecular complexity index is 639. The molecular weight excluding hydrogens is 320 g/mol. The molecule has 0 radical (unpaired) electrons. The molecule has 1 heterocycles. The van der Waals surface area contributed by atoms with Crippen LogP contribution in [0.25, 0.3) is 10.8 Å². The van der Waals surface area contributed by atoms with Crippen molar-refractivity contribution in [1.29, 1.82) is 0 Å². The summed E-state index contributed by atoms with van der Waals surface area (Å²) in [5.74, 6) is 0. The molecule has 1 unspecified atom stereocenters. The van der Waals surface area contributed by atoms with Gasteiger partial charge < -0.3 is 15.4 Å². The van der Waals surface area contributed by atoms with E-state index in [-0.39, 0.29) is 12.1 Å². The number of halogens is 1. The Morgan fingerprint density at radius 2 is 2.00 bits per heavy atom. The van der Waals surface area contributed by atoms with Crippen molar-refractivity contribution in [2.45, 2.75) is 12.5 Å². The lowest BCUT2D eigenvalue weighted by Crippen LogP contribution is -2.38. The van der Waals surface area contributed by atoms with Crippen LogP contribution in [0.5, 0.6) is 0 Å². The summed E-state index contributed by atoms with van der Waals surface area (Å²) in [6.07, 6.45) is 0.874. The van der Waals surface area contributed by atoms with Crippen molar-refractivity contribution >= 4 is 38.4 Å². The summed E-state index contributed by atoms with van der Waals surface area (Å²) in [4.78, 5) is 11.9. The SMILES string of the molecule is O=C(Nc1ccc2cc(Br)ccc2c1)NC1CCOC1. The van der Waals surface area contributed by atoms with E-state index in [0.717, 1.165) is 34.0 Å². The number of fused-ring (bicyclic) bond motifs is 1. The Kier molecular flexibility index (Phi) is 3.89. The smallest absolute Gasteiger partial charge is 0.319 e. The highest BCUT2D eigenvalue weighted by atomic mass is 79.9. The quantitative estimate of drug-likeness (QED) is 0.882. The van der Waals surface area contributed by atoms with E-state index in [9.17, 15) is 4.79 Å². The third kappa shape index (κ3) is 3.11. The van der Waals surface area contributed by atoms with Crippen LogP contribution < -0.4 is 10.6 Å². The minimum absolute atomic E-state index is 0.117. The summed E-state index contributed by atoms with van der Waals surface area (Å²) >= 11 is 3.45. The van der Waals surface area contributed by atoms with Gasteiger partial charge in [0, 0.05) is 16.8 Å². The molecule has 2 N–H and O–H groups in total. The molecule has 1 saturated heterocycles. The Labute approximate surface area is 125 Å². The minimum atomic E-state index is -0.183. The van der Waals surface area contributed by atoms with Gasteiger partial charge in [0.2, 0.25) is 0 Å². The Morgan fingerprint density at radius 3 is 2.80 bits per heavy atom. The highest BCUT2D eigenvalue weighted by Gasteiger charge is 2.17. The summed E-state index contributed by atoms with van der Waals surface area (Å²) < 4.78 is 6.28. The van der Waals surface area contributed by atoms with E-state index in [1.165, 1.54) is 0 Å². The highest BCUT2D eigenvalue weighted by molar-refractivity contribution is 9.10. The average Bonchev–Trinajstić information content (AvgIpc) is 2.91. The second kappa shape index (κ2) is 5.81. The molecule has 0 spiro atoms.